The molecule has 1 N–H and O–H groups in total. The van der Waals surface area contributed by atoms with Crippen LogP contribution in [0.15, 0.2) is 46.7 Å². The van der Waals surface area contributed by atoms with E-state index >= 15 is 0 Å². The first kappa shape index (κ1) is 20.2. The fourth-order valence-corrected chi connectivity index (χ4v) is 4.65. The molecule has 0 aliphatic carbocycles. The van der Waals surface area contributed by atoms with E-state index in [1.54, 1.807) is 50.5 Å². The number of sulfonamides is 1. The predicted octanol–water partition coefficient (Wildman–Crippen LogP) is 3.19. The fraction of sp³-hybridized carbons (Fsp3) is 0.263. The summed E-state index contributed by atoms with van der Waals surface area (Å²) in [6.45, 7) is 3.79. The highest BCUT2D eigenvalue weighted by molar-refractivity contribution is 7.89. The summed E-state index contributed by atoms with van der Waals surface area (Å²) in [5, 5.41) is 10.1. The summed E-state index contributed by atoms with van der Waals surface area (Å²) < 4.78 is 38.4. The fourth-order valence-electron chi connectivity index (χ4n) is 2.63. The molecule has 1 aromatic carbocycles. The standard InChI is InChI=1S/C19H21N3O4S2/c1-13-12-18(14(2)11-16(13)25-3)28(23,24)20-8-9-26-19-7-6-15(21-22-19)17-5-4-10-27-17/h4-7,10-12,20H,8-9H2,1-3H3. The predicted molar refractivity (Wildman–Crippen MR) is 108 cm³/mol. The third kappa shape index (κ3) is 4.67. The van der Waals surface area contributed by atoms with Crippen molar-refractivity contribution in [3.63, 3.8) is 0 Å². The van der Waals surface area contributed by atoms with Crippen LogP contribution < -0.4 is 14.2 Å². The van der Waals surface area contributed by atoms with Gasteiger partial charge < -0.3 is 9.47 Å². The van der Waals surface area contributed by atoms with Gasteiger partial charge in [-0.05, 0) is 54.6 Å². The average Bonchev–Trinajstić information content (AvgIpc) is 3.22. The van der Waals surface area contributed by atoms with Crippen molar-refractivity contribution in [2.45, 2.75) is 18.7 Å². The quantitative estimate of drug-likeness (QED) is 0.564. The van der Waals surface area contributed by atoms with Crippen molar-refractivity contribution in [1.82, 2.24) is 14.9 Å². The highest BCUT2D eigenvalue weighted by atomic mass is 32.2. The number of hydrogen-bond donors (Lipinski definition) is 1. The maximum absolute atomic E-state index is 12.6. The molecule has 0 radical (unpaired) electrons. The SMILES string of the molecule is COc1cc(C)c(S(=O)(=O)NCCOc2ccc(-c3cccs3)nn2)cc1C. The van der Waals surface area contributed by atoms with Crippen LogP contribution in [0.3, 0.4) is 0 Å². The van der Waals surface area contributed by atoms with Gasteiger partial charge in [0, 0.05) is 12.6 Å². The van der Waals surface area contributed by atoms with Gasteiger partial charge in [-0.2, -0.15) is 0 Å². The van der Waals surface area contributed by atoms with Crippen molar-refractivity contribution in [1.29, 1.82) is 0 Å². The normalized spacial score (nSPS) is 11.4. The molecule has 0 aliphatic rings. The van der Waals surface area contributed by atoms with E-state index in [0.29, 0.717) is 17.2 Å². The van der Waals surface area contributed by atoms with Crippen molar-refractivity contribution < 1.29 is 17.9 Å². The highest BCUT2D eigenvalue weighted by Crippen LogP contribution is 2.25. The minimum atomic E-state index is -3.65. The number of hydrogen-bond acceptors (Lipinski definition) is 7. The summed E-state index contributed by atoms with van der Waals surface area (Å²) in [4.78, 5) is 1.25. The molecule has 28 heavy (non-hydrogen) atoms. The lowest BCUT2D eigenvalue weighted by atomic mass is 10.1. The van der Waals surface area contributed by atoms with Gasteiger partial charge >= 0.3 is 0 Å². The largest absolute Gasteiger partial charge is 0.496 e. The summed E-state index contributed by atoms with van der Waals surface area (Å²) in [6.07, 6.45) is 0. The molecule has 148 valence electrons. The molecule has 0 fully saturated rings. The monoisotopic (exact) mass is 419 g/mol. The summed E-state index contributed by atoms with van der Waals surface area (Å²) in [6, 6.07) is 10.8. The smallest absolute Gasteiger partial charge is 0.240 e. The second-order valence-corrected chi connectivity index (χ2v) is 8.75. The van der Waals surface area contributed by atoms with Crippen LogP contribution in [-0.4, -0.2) is 38.9 Å². The summed E-state index contributed by atoms with van der Waals surface area (Å²) in [7, 11) is -2.09. The number of aryl methyl sites for hydroxylation is 2. The van der Waals surface area contributed by atoms with Crippen molar-refractivity contribution >= 4 is 21.4 Å². The molecule has 2 heterocycles. The number of methoxy groups -OCH3 is 1. The van der Waals surface area contributed by atoms with E-state index in [0.717, 1.165) is 16.1 Å². The van der Waals surface area contributed by atoms with E-state index in [9.17, 15) is 8.42 Å². The van der Waals surface area contributed by atoms with Gasteiger partial charge in [-0.25, -0.2) is 13.1 Å². The van der Waals surface area contributed by atoms with Gasteiger partial charge in [-0.3, -0.25) is 0 Å². The van der Waals surface area contributed by atoms with Crippen molar-refractivity contribution in [3.8, 4) is 22.2 Å². The molecule has 3 aromatic rings. The van der Waals surface area contributed by atoms with Crippen LogP contribution in [0.5, 0.6) is 11.6 Å². The first-order chi connectivity index (χ1) is 13.4. The van der Waals surface area contributed by atoms with E-state index in [1.807, 2.05) is 23.6 Å². The molecule has 0 amide bonds. The molecule has 0 saturated carbocycles. The van der Waals surface area contributed by atoms with Gasteiger partial charge in [0.15, 0.2) is 0 Å². The second-order valence-electron chi connectivity index (χ2n) is 6.07. The van der Waals surface area contributed by atoms with E-state index < -0.39 is 10.0 Å². The zero-order chi connectivity index (χ0) is 20.1. The van der Waals surface area contributed by atoms with Crippen molar-refractivity contribution in [2.24, 2.45) is 0 Å². The van der Waals surface area contributed by atoms with Crippen LogP contribution in [0.1, 0.15) is 11.1 Å². The van der Waals surface area contributed by atoms with Crippen LogP contribution in [0, 0.1) is 13.8 Å². The van der Waals surface area contributed by atoms with Crippen LogP contribution in [-0.2, 0) is 10.0 Å². The molecule has 0 bridgehead atoms. The molecule has 7 nitrogen and oxygen atoms in total. The molecule has 0 spiro atoms. The number of aromatic nitrogens is 2. The van der Waals surface area contributed by atoms with E-state index in [2.05, 4.69) is 14.9 Å². The Kier molecular flexibility index (Phi) is 6.28. The Morgan fingerprint density at radius 2 is 1.93 bits per heavy atom. The minimum absolute atomic E-state index is 0.112. The molecule has 3 rings (SSSR count). The number of rotatable bonds is 8. The lowest BCUT2D eigenvalue weighted by Gasteiger charge is -2.13. The minimum Gasteiger partial charge on any atom is -0.496 e. The topological polar surface area (TPSA) is 90.4 Å². The van der Waals surface area contributed by atoms with E-state index in [4.69, 9.17) is 9.47 Å². The molecule has 0 aliphatic heterocycles. The number of nitrogens with one attached hydrogen (secondary N) is 1. The Morgan fingerprint density at radius 1 is 1.11 bits per heavy atom. The lowest BCUT2D eigenvalue weighted by Crippen LogP contribution is -2.29. The van der Waals surface area contributed by atoms with Crippen molar-refractivity contribution in [3.05, 3.63) is 52.9 Å². The summed E-state index contributed by atoms with van der Waals surface area (Å²) in [5.41, 5.74) is 2.14. The molecule has 9 heteroatoms. The average molecular weight is 420 g/mol. The molecular weight excluding hydrogens is 398 g/mol. The number of thiophene rings is 1. The lowest BCUT2D eigenvalue weighted by molar-refractivity contribution is 0.307. The second kappa shape index (κ2) is 8.68. The van der Waals surface area contributed by atoms with Crippen molar-refractivity contribution in [2.75, 3.05) is 20.3 Å². The van der Waals surface area contributed by atoms with Crippen LogP contribution in [0.2, 0.25) is 0 Å². The summed E-state index contributed by atoms with van der Waals surface area (Å²) >= 11 is 1.58. The third-order valence-electron chi connectivity index (χ3n) is 4.04. The highest BCUT2D eigenvalue weighted by Gasteiger charge is 2.18. The Labute approximate surface area is 168 Å². The molecule has 0 atom stereocenters. The molecule has 0 saturated heterocycles. The van der Waals surface area contributed by atoms with Crippen LogP contribution >= 0.6 is 11.3 Å². The Balaban J connectivity index is 1.56. The molecule has 0 unspecified atom stereocenters. The number of benzene rings is 1. The van der Waals surface area contributed by atoms with Gasteiger partial charge in [0.2, 0.25) is 15.9 Å². The molecule has 2 aromatic heterocycles. The number of ether oxygens (including phenoxy) is 2. The Morgan fingerprint density at radius 3 is 2.57 bits per heavy atom. The van der Waals surface area contributed by atoms with Gasteiger partial charge in [0.25, 0.3) is 0 Å². The van der Waals surface area contributed by atoms with E-state index in [1.165, 1.54) is 0 Å². The zero-order valence-corrected chi connectivity index (χ0v) is 17.4. The summed E-state index contributed by atoms with van der Waals surface area (Å²) in [5.74, 6) is 1.00. The number of nitrogens with zero attached hydrogens (tertiary/aromatic N) is 2. The van der Waals surface area contributed by atoms with Crippen LogP contribution in [0.25, 0.3) is 10.6 Å². The first-order valence-corrected chi connectivity index (χ1v) is 10.9. The Hall–Kier alpha value is -2.49. The third-order valence-corrected chi connectivity index (χ3v) is 6.54. The molecular formula is C19H21N3O4S2. The van der Waals surface area contributed by atoms with E-state index in [-0.39, 0.29) is 18.0 Å². The zero-order valence-electron chi connectivity index (χ0n) is 15.8. The maximum atomic E-state index is 12.6. The van der Waals surface area contributed by atoms with Gasteiger partial charge in [-0.1, -0.05) is 6.07 Å². The first-order valence-electron chi connectivity index (χ1n) is 8.56. The maximum Gasteiger partial charge on any atom is 0.240 e. The van der Waals surface area contributed by atoms with Gasteiger partial charge in [0.1, 0.15) is 18.1 Å². The Bertz CT molecular complexity index is 1030. The van der Waals surface area contributed by atoms with Crippen LogP contribution in [0.4, 0.5) is 0 Å². The van der Waals surface area contributed by atoms with Gasteiger partial charge in [-0.15, -0.1) is 21.5 Å². The van der Waals surface area contributed by atoms with Gasteiger partial charge in [0.05, 0.1) is 16.9 Å².